The van der Waals surface area contributed by atoms with Gasteiger partial charge in [0.15, 0.2) is 11.5 Å². The van der Waals surface area contributed by atoms with Crippen LogP contribution in [0.5, 0.6) is 11.5 Å². The number of methoxy groups -OCH3 is 2. The van der Waals surface area contributed by atoms with Crippen molar-refractivity contribution in [2.45, 2.75) is 63.7 Å². The summed E-state index contributed by atoms with van der Waals surface area (Å²) in [6, 6.07) is 6.14. The largest absolute Gasteiger partial charge is 0.493 e. The third-order valence-corrected chi connectivity index (χ3v) is 10.4. The van der Waals surface area contributed by atoms with E-state index in [9.17, 15) is 4.79 Å². The Morgan fingerprint density at radius 2 is 1.92 bits per heavy atom. The van der Waals surface area contributed by atoms with Crippen LogP contribution in [-0.2, 0) is 25.5 Å². The molecule has 3 heterocycles. The van der Waals surface area contributed by atoms with E-state index in [1.54, 1.807) is 14.2 Å². The molecule has 8 nitrogen and oxygen atoms in total. The van der Waals surface area contributed by atoms with Crippen LogP contribution in [0.3, 0.4) is 0 Å². The number of epoxide rings is 1. The van der Waals surface area contributed by atoms with Crippen molar-refractivity contribution >= 4 is 5.97 Å². The highest BCUT2D eigenvalue weighted by Crippen LogP contribution is 2.62. The fourth-order valence-corrected chi connectivity index (χ4v) is 8.26. The molecule has 5 aliphatic rings. The summed E-state index contributed by atoms with van der Waals surface area (Å²) in [5.74, 6) is 2.21. The quantitative estimate of drug-likeness (QED) is 0.327. The van der Waals surface area contributed by atoms with Crippen LogP contribution in [0.1, 0.15) is 51.0 Å². The van der Waals surface area contributed by atoms with E-state index in [-0.39, 0.29) is 34.9 Å². The van der Waals surface area contributed by atoms with E-state index in [1.165, 1.54) is 19.3 Å². The maximum absolute atomic E-state index is 13.4. The summed E-state index contributed by atoms with van der Waals surface area (Å²) in [4.78, 5) is 18.3. The molecule has 6 atom stereocenters. The summed E-state index contributed by atoms with van der Waals surface area (Å²) >= 11 is 0. The first-order chi connectivity index (χ1) is 18.9. The third kappa shape index (κ3) is 5.54. The minimum absolute atomic E-state index is 0.00324. The number of esters is 1. The van der Waals surface area contributed by atoms with Crippen molar-refractivity contribution in [2.24, 2.45) is 23.2 Å². The molecule has 8 heteroatoms. The average molecular weight is 543 g/mol. The Morgan fingerprint density at radius 3 is 2.67 bits per heavy atom. The fourth-order valence-electron chi connectivity index (χ4n) is 8.26. The summed E-state index contributed by atoms with van der Waals surface area (Å²) in [5.41, 5.74) is 1.46. The van der Waals surface area contributed by atoms with E-state index in [0.717, 1.165) is 95.4 Å². The third-order valence-electron chi connectivity index (χ3n) is 10.4. The van der Waals surface area contributed by atoms with E-state index < -0.39 is 0 Å². The Hall–Kier alpha value is -1.87. The van der Waals surface area contributed by atoms with E-state index in [1.807, 2.05) is 6.07 Å². The van der Waals surface area contributed by atoms with Crippen molar-refractivity contribution in [3.05, 3.63) is 23.8 Å². The van der Waals surface area contributed by atoms with E-state index in [4.69, 9.17) is 23.7 Å². The number of morpholine rings is 1. The molecular formula is C31H46N2O6. The number of carbonyl (C=O) groups excluding carboxylic acids is 1. The molecule has 0 amide bonds. The molecule has 2 aliphatic carbocycles. The summed E-state index contributed by atoms with van der Waals surface area (Å²) in [7, 11) is 3.34. The second-order valence-electron chi connectivity index (χ2n) is 12.8. The number of hydrogen-bond acceptors (Lipinski definition) is 8. The molecule has 0 N–H and O–H groups in total. The highest BCUT2D eigenvalue weighted by molar-refractivity contribution is 5.75. The van der Waals surface area contributed by atoms with Gasteiger partial charge in [-0.2, -0.15) is 0 Å². The van der Waals surface area contributed by atoms with Crippen LogP contribution in [0.15, 0.2) is 18.2 Å². The maximum Gasteiger partial charge on any atom is 0.310 e. The number of fused-ring (bicyclic) bond motifs is 3. The zero-order chi connectivity index (χ0) is 27.0. The molecule has 1 aromatic carbocycles. The molecule has 39 heavy (non-hydrogen) atoms. The highest BCUT2D eigenvalue weighted by Gasteiger charge is 2.65. The van der Waals surface area contributed by atoms with Crippen LogP contribution in [0, 0.1) is 23.2 Å². The lowest BCUT2D eigenvalue weighted by atomic mass is 9.53. The predicted octanol–water partition coefficient (Wildman–Crippen LogP) is 3.76. The van der Waals surface area contributed by atoms with Gasteiger partial charge in [0.25, 0.3) is 0 Å². The minimum Gasteiger partial charge on any atom is -0.493 e. The second-order valence-corrected chi connectivity index (χ2v) is 12.8. The van der Waals surface area contributed by atoms with Crippen LogP contribution in [0.4, 0.5) is 0 Å². The van der Waals surface area contributed by atoms with Gasteiger partial charge < -0.3 is 23.7 Å². The summed E-state index contributed by atoms with van der Waals surface area (Å²) in [5, 5.41) is 0. The van der Waals surface area contributed by atoms with Gasteiger partial charge in [-0.25, -0.2) is 0 Å². The minimum atomic E-state index is -0.0826. The molecule has 5 fully saturated rings. The zero-order valence-electron chi connectivity index (χ0n) is 24.0. The Kier molecular flexibility index (Phi) is 7.83. The lowest BCUT2D eigenvalue weighted by Gasteiger charge is -2.51. The number of ether oxygens (including phenoxy) is 5. The first-order valence-corrected chi connectivity index (χ1v) is 15.0. The van der Waals surface area contributed by atoms with Gasteiger partial charge in [-0.3, -0.25) is 14.6 Å². The van der Waals surface area contributed by atoms with Gasteiger partial charge >= 0.3 is 5.97 Å². The van der Waals surface area contributed by atoms with Gasteiger partial charge in [0, 0.05) is 32.1 Å². The van der Waals surface area contributed by atoms with Crippen LogP contribution < -0.4 is 9.47 Å². The number of nitrogens with zero attached hydrogens (tertiary/aromatic N) is 2. The van der Waals surface area contributed by atoms with Crippen molar-refractivity contribution in [2.75, 3.05) is 66.8 Å². The van der Waals surface area contributed by atoms with Gasteiger partial charge in [-0.1, -0.05) is 13.0 Å². The molecule has 6 rings (SSSR count). The first-order valence-electron chi connectivity index (χ1n) is 15.0. The van der Waals surface area contributed by atoms with Crippen LogP contribution in [0.25, 0.3) is 0 Å². The lowest BCUT2D eigenvalue weighted by molar-refractivity contribution is -0.147. The molecule has 1 aromatic rings. The van der Waals surface area contributed by atoms with Crippen molar-refractivity contribution in [3.63, 3.8) is 0 Å². The van der Waals surface area contributed by atoms with Crippen molar-refractivity contribution in [1.29, 1.82) is 0 Å². The first kappa shape index (κ1) is 27.3. The summed E-state index contributed by atoms with van der Waals surface area (Å²) in [6.07, 6.45) is 6.77. The number of hydrogen-bond donors (Lipinski definition) is 0. The van der Waals surface area contributed by atoms with Gasteiger partial charge in [0.1, 0.15) is 6.10 Å². The zero-order valence-corrected chi connectivity index (χ0v) is 24.0. The average Bonchev–Trinajstić information content (AvgIpc) is 3.64. The molecule has 3 aliphatic heterocycles. The Morgan fingerprint density at radius 1 is 1.13 bits per heavy atom. The molecule has 3 saturated heterocycles. The maximum atomic E-state index is 13.4. The van der Waals surface area contributed by atoms with Gasteiger partial charge in [0.2, 0.25) is 0 Å². The molecule has 0 radical (unpaired) electrons. The smallest absolute Gasteiger partial charge is 0.310 e. The fraction of sp³-hybridized carbons (Fsp3) is 0.774. The van der Waals surface area contributed by atoms with E-state index in [2.05, 4.69) is 28.9 Å². The molecule has 216 valence electrons. The van der Waals surface area contributed by atoms with E-state index >= 15 is 0 Å². The predicted molar refractivity (Wildman–Crippen MR) is 147 cm³/mol. The second kappa shape index (κ2) is 11.2. The van der Waals surface area contributed by atoms with Crippen molar-refractivity contribution < 1.29 is 28.5 Å². The monoisotopic (exact) mass is 542 g/mol. The van der Waals surface area contributed by atoms with Crippen LogP contribution >= 0.6 is 0 Å². The molecule has 1 spiro atoms. The summed E-state index contributed by atoms with van der Waals surface area (Å²) in [6.45, 7) is 10.4. The highest BCUT2D eigenvalue weighted by atomic mass is 16.6. The summed E-state index contributed by atoms with van der Waals surface area (Å²) < 4.78 is 28.8. The molecule has 0 aromatic heterocycles. The lowest BCUT2D eigenvalue weighted by Crippen LogP contribution is -2.51. The Labute approximate surface area is 233 Å². The SMILES string of the molecule is COc1ccc(CN(CCCN2CCOCC2)C[C@@H]2C(=O)O[C@@H]3C[C@@]4(C)CCC[C@]5(CO5)[C@@H]4C[C@@H]23)cc1OC. The standard InChI is InChI=1S/C31H46N2O6/c1-30-8-4-9-31(21-38-31)28(30)17-23-24(29(34)39-27(23)18-30)20-33(11-5-10-32-12-14-37-15-13-32)19-22-6-7-25(35-2)26(16-22)36-3/h6-7,16,23-24,27-28H,4-5,8-15,17-21H2,1-3H3/t23-,24-,27+,28+,30+,31-/m0/s1. The van der Waals surface area contributed by atoms with Crippen molar-refractivity contribution in [3.8, 4) is 11.5 Å². The van der Waals surface area contributed by atoms with Crippen LogP contribution in [0.2, 0.25) is 0 Å². The molecule has 0 bridgehead atoms. The molecular weight excluding hydrogens is 496 g/mol. The number of benzene rings is 1. The number of carbonyl (C=O) groups is 1. The number of rotatable bonds is 10. The van der Waals surface area contributed by atoms with Crippen molar-refractivity contribution in [1.82, 2.24) is 9.80 Å². The Bertz CT molecular complexity index is 1020. The Balaban J connectivity index is 1.17. The van der Waals surface area contributed by atoms with E-state index in [0.29, 0.717) is 5.92 Å². The van der Waals surface area contributed by atoms with Gasteiger partial charge in [0.05, 0.1) is 45.6 Å². The normalized spacial score (nSPS) is 35.9. The van der Waals surface area contributed by atoms with Gasteiger partial charge in [-0.15, -0.1) is 0 Å². The molecule has 0 unspecified atom stereocenters. The van der Waals surface area contributed by atoms with Crippen LogP contribution in [-0.4, -0.2) is 94.2 Å². The molecule has 2 saturated carbocycles. The topological polar surface area (TPSA) is 73.0 Å². The van der Waals surface area contributed by atoms with Gasteiger partial charge in [-0.05, 0) is 80.6 Å².